The van der Waals surface area contributed by atoms with Crippen molar-refractivity contribution in [2.24, 2.45) is 0 Å². The van der Waals surface area contributed by atoms with E-state index < -0.39 is 0 Å². The van der Waals surface area contributed by atoms with Gasteiger partial charge in [0.2, 0.25) is 0 Å². The summed E-state index contributed by atoms with van der Waals surface area (Å²) in [5.74, 6) is 0. The van der Waals surface area contributed by atoms with Gasteiger partial charge in [-0.3, -0.25) is 4.90 Å². The number of halogens is 1. The van der Waals surface area contributed by atoms with Crippen molar-refractivity contribution in [1.82, 2.24) is 4.90 Å². The van der Waals surface area contributed by atoms with Crippen LogP contribution < -0.4 is 0 Å². The van der Waals surface area contributed by atoms with Crippen LogP contribution in [0, 0.1) is 0 Å². The molecule has 3 heteroatoms. The quantitative estimate of drug-likeness (QED) is 0.697. The van der Waals surface area contributed by atoms with Crippen molar-refractivity contribution in [1.29, 1.82) is 0 Å². The van der Waals surface area contributed by atoms with Gasteiger partial charge in [-0.25, -0.2) is 4.39 Å². The summed E-state index contributed by atoms with van der Waals surface area (Å²) in [7, 11) is 0. The molecule has 2 nitrogen and oxygen atoms in total. The molecule has 0 unspecified atom stereocenters. The Morgan fingerprint density at radius 2 is 1.86 bits per heavy atom. The molecule has 0 aliphatic carbocycles. The molecule has 0 aromatic carbocycles. The van der Waals surface area contributed by atoms with Gasteiger partial charge in [0.25, 0.3) is 0 Å². The fraction of sp³-hybridized carbons (Fsp3) is 1.00. The van der Waals surface area contributed by atoms with Gasteiger partial charge in [0.05, 0.1) is 12.7 Å². The van der Waals surface area contributed by atoms with Gasteiger partial charge in [-0.15, -0.1) is 0 Å². The number of rotatable bonds is 3. The molecule has 0 radical (unpaired) electrons. The molecular formula is C11H22FNO. The predicted octanol–water partition coefficient (Wildman–Crippen LogP) is 2.24. The standard InChI is InChI=1S/C11H22FNO/c1-11(2,3)13-7-4-10(5-8-13)14-9-6-12/h10H,4-9H2,1-3H3. The molecule has 14 heavy (non-hydrogen) atoms. The highest BCUT2D eigenvalue weighted by atomic mass is 19.1. The molecule has 0 aromatic rings. The zero-order valence-corrected chi connectivity index (χ0v) is 9.55. The lowest BCUT2D eigenvalue weighted by atomic mass is 9.99. The summed E-state index contributed by atoms with van der Waals surface area (Å²) in [5.41, 5.74) is 0.255. The Kier molecular flexibility index (Phi) is 4.32. The average Bonchev–Trinajstić information content (AvgIpc) is 2.14. The summed E-state index contributed by atoms with van der Waals surface area (Å²) in [6.45, 7) is 8.74. The van der Waals surface area contributed by atoms with Gasteiger partial charge < -0.3 is 4.74 Å². The number of likely N-dealkylation sites (tertiary alicyclic amines) is 1. The molecule has 0 atom stereocenters. The third kappa shape index (κ3) is 3.54. The minimum Gasteiger partial charge on any atom is -0.375 e. The molecule has 0 aromatic heterocycles. The monoisotopic (exact) mass is 203 g/mol. The van der Waals surface area contributed by atoms with Crippen LogP contribution >= 0.6 is 0 Å². The maximum atomic E-state index is 11.9. The lowest BCUT2D eigenvalue weighted by Gasteiger charge is -2.40. The smallest absolute Gasteiger partial charge is 0.113 e. The molecule has 1 aliphatic heterocycles. The van der Waals surface area contributed by atoms with E-state index in [1.165, 1.54) is 0 Å². The van der Waals surface area contributed by atoms with Crippen molar-refractivity contribution in [3.63, 3.8) is 0 Å². The second kappa shape index (κ2) is 5.08. The van der Waals surface area contributed by atoms with Gasteiger partial charge in [0, 0.05) is 18.6 Å². The first kappa shape index (κ1) is 11.9. The first-order valence-electron chi connectivity index (χ1n) is 5.46. The third-order valence-corrected chi connectivity index (χ3v) is 2.82. The van der Waals surface area contributed by atoms with Crippen LogP contribution in [0.3, 0.4) is 0 Å². The van der Waals surface area contributed by atoms with E-state index in [-0.39, 0.29) is 24.9 Å². The highest BCUT2D eigenvalue weighted by Crippen LogP contribution is 2.21. The zero-order chi connectivity index (χ0) is 10.6. The summed E-state index contributed by atoms with van der Waals surface area (Å²) in [5, 5.41) is 0. The highest BCUT2D eigenvalue weighted by Gasteiger charge is 2.26. The first-order valence-corrected chi connectivity index (χ1v) is 5.46. The molecule has 0 amide bonds. The minimum absolute atomic E-state index is 0.255. The highest BCUT2D eigenvalue weighted by molar-refractivity contribution is 4.81. The molecule has 0 saturated carbocycles. The van der Waals surface area contributed by atoms with Crippen LogP contribution in [0.25, 0.3) is 0 Å². The predicted molar refractivity (Wildman–Crippen MR) is 56.3 cm³/mol. The summed E-state index contributed by atoms with van der Waals surface area (Å²) in [6, 6.07) is 0. The number of alkyl halides is 1. The lowest BCUT2D eigenvalue weighted by Crippen LogP contribution is -2.47. The van der Waals surface area contributed by atoms with Gasteiger partial charge in [-0.1, -0.05) is 0 Å². The lowest BCUT2D eigenvalue weighted by molar-refractivity contribution is -0.0167. The molecule has 84 valence electrons. The number of hydrogen-bond acceptors (Lipinski definition) is 2. The van der Waals surface area contributed by atoms with E-state index in [9.17, 15) is 4.39 Å². The van der Waals surface area contributed by atoms with E-state index >= 15 is 0 Å². The van der Waals surface area contributed by atoms with Crippen molar-refractivity contribution in [2.75, 3.05) is 26.4 Å². The van der Waals surface area contributed by atoms with E-state index in [0.717, 1.165) is 25.9 Å². The third-order valence-electron chi connectivity index (χ3n) is 2.82. The number of nitrogens with zero attached hydrogens (tertiary/aromatic N) is 1. The summed E-state index contributed by atoms with van der Waals surface area (Å²) in [6.07, 6.45) is 2.36. The Balaban J connectivity index is 2.24. The van der Waals surface area contributed by atoms with Crippen LogP contribution in [0.1, 0.15) is 33.6 Å². The maximum Gasteiger partial charge on any atom is 0.113 e. The van der Waals surface area contributed by atoms with E-state index in [4.69, 9.17) is 4.74 Å². The fourth-order valence-electron chi connectivity index (χ4n) is 1.90. The van der Waals surface area contributed by atoms with E-state index in [1.54, 1.807) is 0 Å². The minimum atomic E-state index is -0.362. The fourth-order valence-corrected chi connectivity index (χ4v) is 1.90. The van der Waals surface area contributed by atoms with Crippen LogP contribution in [0.5, 0.6) is 0 Å². The second-order valence-corrected chi connectivity index (χ2v) is 4.92. The van der Waals surface area contributed by atoms with Crippen LogP contribution in [0.2, 0.25) is 0 Å². The van der Waals surface area contributed by atoms with E-state index in [0.29, 0.717) is 0 Å². The normalized spacial score (nSPS) is 21.4. The van der Waals surface area contributed by atoms with Crippen LogP contribution in [-0.2, 0) is 4.74 Å². The van der Waals surface area contributed by atoms with Gasteiger partial charge in [-0.05, 0) is 33.6 Å². The molecule has 1 heterocycles. The van der Waals surface area contributed by atoms with Crippen LogP contribution in [0.15, 0.2) is 0 Å². The van der Waals surface area contributed by atoms with Crippen molar-refractivity contribution < 1.29 is 9.13 Å². The molecule has 0 spiro atoms. The number of ether oxygens (including phenoxy) is 1. The largest absolute Gasteiger partial charge is 0.375 e. The van der Waals surface area contributed by atoms with Gasteiger partial charge in [0.15, 0.2) is 0 Å². The first-order chi connectivity index (χ1) is 6.54. The molecule has 1 rings (SSSR count). The molecule has 1 aliphatic rings. The molecule has 0 bridgehead atoms. The van der Waals surface area contributed by atoms with Crippen molar-refractivity contribution in [3.05, 3.63) is 0 Å². The number of hydrogen-bond donors (Lipinski definition) is 0. The Morgan fingerprint density at radius 1 is 1.29 bits per heavy atom. The summed E-state index contributed by atoms with van der Waals surface area (Å²) >= 11 is 0. The van der Waals surface area contributed by atoms with Crippen LogP contribution in [-0.4, -0.2) is 42.9 Å². The second-order valence-electron chi connectivity index (χ2n) is 4.92. The summed E-state index contributed by atoms with van der Waals surface area (Å²) in [4.78, 5) is 2.46. The maximum absolute atomic E-state index is 11.9. The molecular weight excluding hydrogens is 181 g/mol. The van der Waals surface area contributed by atoms with E-state index in [2.05, 4.69) is 25.7 Å². The average molecular weight is 203 g/mol. The summed E-state index contributed by atoms with van der Waals surface area (Å²) < 4.78 is 17.3. The molecule has 0 N–H and O–H groups in total. The Hall–Kier alpha value is -0.150. The Bertz CT molecular complexity index is 159. The van der Waals surface area contributed by atoms with E-state index in [1.807, 2.05) is 0 Å². The Morgan fingerprint density at radius 3 is 2.29 bits per heavy atom. The van der Waals surface area contributed by atoms with Crippen LogP contribution in [0.4, 0.5) is 4.39 Å². The van der Waals surface area contributed by atoms with Crippen molar-refractivity contribution in [3.8, 4) is 0 Å². The Labute approximate surface area is 86.4 Å². The van der Waals surface area contributed by atoms with Gasteiger partial charge >= 0.3 is 0 Å². The SMILES string of the molecule is CC(C)(C)N1CCC(OCCF)CC1. The van der Waals surface area contributed by atoms with Gasteiger partial charge in [-0.2, -0.15) is 0 Å². The van der Waals surface area contributed by atoms with Crippen molar-refractivity contribution >= 4 is 0 Å². The molecule has 1 saturated heterocycles. The molecule has 1 fully saturated rings. The zero-order valence-electron chi connectivity index (χ0n) is 9.55. The van der Waals surface area contributed by atoms with Gasteiger partial charge in [0.1, 0.15) is 6.67 Å². The van der Waals surface area contributed by atoms with Crippen molar-refractivity contribution in [2.45, 2.75) is 45.3 Å². The topological polar surface area (TPSA) is 12.5 Å². The number of piperidine rings is 1.